The third-order valence-electron chi connectivity index (χ3n) is 1.93. The molecule has 15 heavy (non-hydrogen) atoms. The van der Waals surface area contributed by atoms with E-state index in [1.807, 2.05) is 12.1 Å². The zero-order valence-corrected chi connectivity index (χ0v) is 8.22. The second-order valence-electron chi connectivity index (χ2n) is 3.07. The number of carbonyl (C=O) groups excluding carboxylic acids is 1. The van der Waals surface area contributed by atoms with Crippen LogP contribution in [0.1, 0.15) is 17.5 Å². The van der Waals surface area contributed by atoms with Gasteiger partial charge < -0.3 is 9.90 Å². The second-order valence-corrected chi connectivity index (χ2v) is 3.07. The van der Waals surface area contributed by atoms with Crippen molar-refractivity contribution in [2.24, 2.45) is 0 Å². The molecule has 0 spiro atoms. The number of hydrogen-bond acceptors (Lipinski definition) is 2. The lowest BCUT2D eigenvalue weighted by atomic mass is 10.0. The molecule has 0 saturated heterocycles. The zero-order chi connectivity index (χ0) is 11.1. The summed E-state index contributed by atoms with van der Waals surface area (Å²) >= 11 is 0. The van der Waals surface area contributed by atoms with E-state index in [4.69, 9.17) is 5.11 Å². The molecule has 0 bridgehead atoms. The minimum Gasteiger partial charge on any atom is -0.481 e. The highest BCUT2D eigenvalue weighted by atomic mass is 16.4. The van der Waals surface area contributed by atoms with Crippen molar-refractivity contribution in [1.29, 1.82) is 0 Å². The van der Waals surface area contributed by atoms with E-state index >= 15 is 0 Å². The van der Waals surface area contributed by atoms with E-state index in [0.717, 1.165) is 17.4 Å². The fraction of sp³-hybridized carbons (Fsp3) is 0.167. The third-order valence-corrected chi connectivity index (χ3v) is 1.93. The number of allylic oxidation sites excluding steroid dienone is 1. The average molecular weight is 204 g/mol. The number of hydrogen-bond donors (Lipinski definition) is 1. The number of carbonyl (C=O) groups is 2. The fourth-order valence-electron chi connectivity index (χ4n) is 1.27. The normalized spacial score (nSPS) is 10.4. The number of benzene rings is 1. The molecular weight excluding hydrogens is 192 g/mol. The minimum absolute atomic E-state index is 0.00159. The SMILES string of the molecule is O=CCC=Cc1ccccc1CC(=O)O. The molecule has 0 radical (unpaired) electrons. The largest absolute Gasteiger partial charge is 0.481 e. The summed E-state index contributed by atoms with van der Waals surface area (Å²) in [6.45, 7) is 0. The maximum absolute atomic E-state index is 10.6. The highest BCUT2D eigenvalue weighted by Crippen LogP contribution is 2.11. The molecule has 0 aliphatic carbocycles. The molecule has 0 aliphatic rings. The quantitative estimate of drug-likeness (QED) is 0.745. The maximum Gasteiger partial charge on any atom is 0.307 e. The standard InChI is InChI=1S/C12H12O3/c13-8-4-3-6-10-5-1-2-7-11(10)9-12(14)15/h1-3,5-8H,4,9H2,(H,14,15). The van der Waals surface area contributed by atoms with Crippen LogP contribution in [-0.2, 0) is 16.0 Å². The van der Waals surface area contributed by atoms with E-state index < -0.39 is 5.97 Å². The monoisotopic (exact) mass is 204 g/mol. The highest BCUT2D eigenvalue weighted by molar-refractivity contribution is 5.72. The number of aliphatic carboxylic acids is 1. The summed E-state index contributed by atoms with van der Waals surface area (Å²) in [5, 5.41) is 8.68. The molecule has 78 valence electrons. The smallest absolute Gasteiger partial charge is 0.307 e. The van der Waals surface area contributed by atoms with Crippen LogP contribution in [0.2, 0.25) is 0 Å². The lowest BCUT2D eigenvalue weighted by Gasteiger charge is -2.01. The van der Waals surface area contributed by atoms with E-state index in [1.165, 1.54) is 0 Å². The Kier molecular flexibility index (Phi) is 4.29. The van der Waals surface area contributed by atoms with Crippen LogP contribution < -0.4 is 0 Å². The van der Waals surface area contributed by atoms with Gasteiger partial charge in [-0.15, -0.1) is 0 Å². The van der Waals surface area contributed by atoms with Gasteiger partial charge in [0.15, 0.2) is 0 Å². The Morgan fingerprint density at radius 2 is 2.07 bits per heavy atom. The first kappa shape index (κ1) is 11.2. The van der Waals surface area contributed by atoms with Crippen molar-refractivity contribution in [2.75, 3.05) is 0 Å². The van der Waals surface area contributed by atoms with E-state index in [1.54, 1.807) is 24.3 Å². The Bertz CT molecular complexity index is 380. The first-order chi connectivity index (χ1) is 7.24. The van der Waals surface area contributed by atoms with Crippen LogP contribution in [0.3, 0.4) is 0 Å². The van der Waals surface area contributed by atoms with Crippen LogP contribution in [0.4, 0.5) is 0 Å². The van der Waals surface area contributed by atoms with Gasteiger partial charge in [-0.1, -0.05) is 36.4 Å². The van der Waals surface area contributed by atoms with Crippen LogP contribution in [0.25, 0.3) is 6.08 Å². The van der Waals surface area contributed by atoms with Crippen molar-refractivity contribution in [1.82, 2.24) is 0 Å². The van der Waals surface area contributed by atoms with Gasteiger partial charge >= 0.3 is 5.97 Å². The summed E-state index contributed by atoms with van der Waals surface area (Å²) in [4.78, 5) is 20.7. The predicted molar refractivity (Wildman–Crippen MR) is 57.5 cm³/mol. The molecular formula is C12H12O3. The Morgan fingerprint density at radius 1 is 1.33 bits per heavy atom. The number of rotatable bonds is 5. The van der Waals surface area contributed by atoms with Crippen molar-refractivity contribution >= 4 is 18.3 Å². The summed E-state index contributed by atoms with van der Waals surface area (Å²) in [6.07, 6.45) is 4.64. The van der Waals surface area contributed by atoms with Crippen LogP contribution in [0, 0.1) is 0 Å². The van der Waals surface area contributed by atoms with Crippen molar-refractivity contribution in [3.63, 3.8) is 0 Å². The molecule has 0 amide bonds. The summed E-state index contributed by atoms with van der Waals surface area (Å²) in [5.41, 5.74) is 1.61. The van der Waals surface area contributed by atoms with Gasteiger partial charge in [0.1, 0.15) is 6.29 Å². The molecule has 0 aliphatic heterocycles. The molecule has 0 unspecified atom stereocenters. The predicted octanol–water partition coefficient (Wildman–Crippen LogP) is 1.92. The van der Waals surface area contributed by atoms with Gasteiger partial charge in [0.25, 0.3) is 0 Å². The fourth-order valence-corrected chi connectivity index (χ4v) is 1.27. The molecule has 3 nitrogen and oxygen atoms in total. The molecule has 1 rings (SSSR count). The van der Waals surface area contributed by atoms with Gasteiger partial charge in [-0.3, -0.25) is 4.79 Å². The molecule has 0 saturated carbocycles. The second kappa shape index (κ2) is 5.75. The van der Waals surface area contributed by atoms with Gasteiger partial charge in [0.2, 0.25) is 0 Å². The van der Waals surface area contributed by atoms with Gasteiger partial charge in [-0.2, -0.15) is 0 Å². The Balaban J connectivity index is 2.85. The molecule has 0 fully saturated rings. The molecule has 3 heteroatoms. The topological polar surface area (TPSA) is 54.4 Å². The third kappa shape index (κ3) is 3.77. The highest BCUT2D eigenvalue weighted by Gasteiger charge is 2.03. The summed E-state index contributed by atoms with van der Waals surface area (Å²) in [6, 6.07) is 7.25. The van der Waals surface area contributed by atoms with Gasteiger partial charge in [-0.05, 0) is 11.1 Å². The lowest BCUT2D eigenvalue weighted by molar-refractivity contribution is -0.136. The minimum atomic E-state index is -0.855. The zero-order valence-electron chi connectivity index (χ0n) is 8.22. The maximum atomic E-state index is 10.6. The summed E-state index contributed by atoms with van der Waals surface area (Å²) in [7, 11) is 0. The number of carboxylic acids is 1. The number of carboxylic acid groups (broad SMARTS) is 1. The van der Waals surface area contributed by atoms with E-state index in [-0.39, 0.29) is 6.42 Å². The van der Waals surface area contributed by atoms with Crippen LogP contribution in [0.15, 0.2) is 30.3 Å². The molecule has 1 aromatic rings. The van der Waals surface area contributed by atoms with Gasteiger partial charge in [0, 0.05) is 6.42 Å². The average Bonchev–Trinajstić information content (AvgIpc) is 2.20. The Hall–Kier alpha value is -1.90. The first-order valence-electron chi connectivity index (χ1n) is 4.64. The van der Waals surface area contributed by atoms with E-state index in [0.29, 0.717) is 6.42 Å². The molecule has 0 atom stereocenters. The summed E-state index contributed by atoms with van der Waals surface area (Å²) < 4.78 is 0. The van der Waals surface area contributed by atoms with Crippen molar-refractivity contribution in [2.45, 2.75) is 12.8 Å². The number of aldehydes is 1. The molecule has 0 aromatic heterocycles. The van der Waals surface area contributed by atoms with Gasteiger partial charge in [-0.25, -0.2) is 0 Å². The molecule has 1 aromatic carbocycles. The van der Waals surface area contributed by atoms with Crippen molar-refractivity contribution in [3.05, 3.63) is 41.5 Å². The Morgan fingerprint density at radius 3 is 2.73 bits per heavy atom. The van der Waals surface area contributed by atoms with Crippen LogP contribution in [-0.4, -0.2) is 17.4 Å². The van der Waals surface area contributed by atoms with Crippen LogP contribution in [0.5, 0.6) is 0 Å². The Labute approximate surface area is 88.0 Å². The van der Waals surface area contributed by atoms with E-state index in [9.17, 15) is 9.59 Å². The van der Waals surface area contributed by atoms with Gasteiger partial charge in [0.05, 0.1) is 6.42 Å². The molecule has 1 N–H and O–H groups in total. The van der Waals surface area contributed by atoms with Crippen molar-refractivity contribution < 1.29 is 14.7 Å². The first-order valence-corrected chi connectivity index (χ1v) is 4.64. The van der Waals surface area contributed by atoms with Crippen LogP contribution >= 0.6 is 0 Å². The molecule has 0 heterocycles. The van der Waals surface area contributed by atoms with E-state index in [2.05, 4.69) is 0 Å². The lowest BCUT2D eigenvalue weighted by Crippen LogP contribution is -2.01. The summed E-state index contributed by atoms with van der Waals surface area (Å²) in [5.74, 6) is -0.855. The van der Waals surface area contributed by atoms with Crippen molar-refractivity contribution in [3.8, 4) is 0 Å².